The van der Waals surface area contributed by atoms with E-state index < -0.39 is 24.2 Å². The second-order valence-corrected chi connectivity index (χ2v) is 7.12. The largest absolute Gasteiger partial charge is 0.417 e. The lowest BCUT2D eigenvalue weighted by atomic mass is 9.95. The Morgan fingerprint density at radius 2 is 2.03 bits per heavy atom. The third-order valence-electron chi connectivity index (χ3n) is 4.45. The predicted octanol–water partition coefficient (Wildman–Crippen LogP) is 3.36. The zero-order valence-corrected chi connectivity index (χ0v) is 16.3. The second-order valence-electron chi connectivity index (χ2n) is 7.12. The van der Waals surface area contributed by atoms with Crippen molar-refractivity contribution in [1.82, 2.24) is 15.2 Å². The number of halogens is 3. The number of hydrogen-bond acceptors (Lipinski definition) is 6. The van der Waals surface area contributed by atoms with Crippen molar-refractivity contribution in [2.75, 3.05) is 5.32 Å². The van der Waals surface area contributed by atoms with Crippen LogP contribution in [-0.2, 0) is 10.3 Å². The summed E-state index contributed by atoms with van der Waals surface area (Å²) < 4.78 is 43.5. The highest BCUT2D eigenvalue weighted by molar-refractivity contribution is 5.97. The van der Waals surface area contributed by atoms with Crippen LogP contribution in [-0.4, -0.2) is 33.9 Å². The number of carbonyl (C=O) groups is 1. The molecular formula is C20H20F3N5O2. The third-order valence-corrected chi connectivity index (χ3v) is 4.45. The number of aromatic nitrogens is 3. The number of primary amides is 1. The summed E-state index contributed by atoms with van der Waals surface area (Å²) in [4.78, 5) is 15.4. The van der Waals surface area contributed by atoms with E-state index in [1.54, 1.807) is 38.1 Å². The van der Waals surface area contributed by atoms with Crippen LogP contribution in [0.2, 0.25) is 0 Å². The summed E-state index contributed by atoms with van der Waals surface area (Å²) in [5.74, 6) is -0.475. The normalized spacial score (nSPS) is 16.7. The van der Waals surface area contributed by atoms with E-state index in [0.29, 0.717) is 11.5 Å². The molecular weight excluding hydrogens is 399 g/mol. The van der Waals surface area contributed by atoms with Crippen LogP contribution in [0.4, 0.5) is 19.0 Å². The Balaban J connectivity index is 1.78. The van der Waals surface area contributed by atoms with Crippen LogP contribution in [0.5, 0.6) is 5.88 Å². The van der Waals surface area contributed by atoms with E-state index in [9.17, 15) is 18.0 Å². The van der Waals surface area contributed by atoms with E-state index in [2.05, 4.69) is 25.2 Å². The van der Waals surface area contributed by atoms with Crippen LogP contribution in [0.25, 0.3) is 5.57 Å². The lowest BCUT2D eigenvalue weighted by Gasteiger charge is -2.26. The number of pyridine rings is 1. The van der Waals surface area contributed by atoms with Crippen molar-refractivity contribution in [2.24, 2.45) is 5.73 Å². The average Bonchev–Trinajstić information content (AvgIpc) is 2.68. The molecule has 1 amide bonds. The van der Waals surface area contributed by atoms with Gasteiger partial charge in [-0.1, -0.05) is 12.1 Å². The Labute approximate surface area is 170 Å². The molecule has 1 aliphatic carbocycles. The smallest absolute Gasteiger partial charge is 0.388 e. The quantitative estimate of drug-likeness (QED) is 0.713. The van der Waals surface area contributed by atoms with Gasteiger partial charge in [-0.3, -0.25) is 4.79 Å². The van der Waals surface area contributed by atoms with Crippen LogP contribution < -0.4 is 15.8 Å². The van der Waals surface area contributed by atoms with Gasteiger partial charge in [0.05, 0.1) is 16.9 Å². The number of hydrogen-bond donors (Lipinski definition) is 2. The summed E-state index contributed by atoms with van der Waals surface area (Å²) in [6.45, 7) is 0.588. The molecule has 30 heavy (non-hydrogen) atoms. The molecule has 0 fully saturated rings. The molecule has 7 nitrogen and oxygen atoms in total. The van der Waals surface area contributed by atoms with Crippen LogP contribution in [0.15, 0.2) is 48.1 Å². The molecule has 0 saturated carbocycles. The minimum absolute atomic E-state index is 0.0293. The van der Waals surface area contributed by atoms with Gasteiger partial charge in [-0.2, -0.15) is 8.78 Å². The lowest BCUT2D eigenvalue weighted by Crippen LogP contribution is -2.30. The highest BCUT2D eigenvalue weighted by Gasteiger charge is 2.25. The molecule has 10 heteroatoms. The molecule has 2 aromatic heterocycles. The van der Waals surface area contributed by atoms with E-state index in [1.165, 1.54) is 18.2 Å². The summed E-state index contributed by atoms with van der Waals surface area (Å²) in [6, 6.07) is 7.71. The number of nitrogens with two attached hydrogens (primary N) is 1. The molecule has 3 N–H and O–H groups in total. The summed E-state index contributed by atoms with van der Waals surface area (Å²) in [7, 11) is 0. The SMILES string of the molecule is CC(C)(Nc1ccc(C2=CC(C(N)=O)=CCC2F)nn1)c1cccc(OC(F)F)n1. The first kappa shape index (κ1) is 21.3. The maximum atomic E-state index is 14.3. The minimum atomic E-state index is -2.97. The highest BCUT2D eigenvalue weighted by atomic mass is 19.3. The highest BCUT2D eigenvalue weighted by Crippen LogP contribution is 2.29. The number of alkyl halides is 3. The topological polar surface area (TPSA) is 103 Å². The monoisotopic (exact) mass is 419 g/mol. The van der Waals surface area contributed by atoms with Gasteiger partial charge in [0, 0.05) is 23.6 Å². The maximum absolute atomic E-state index is 14.3. The first-order chi connectivity index (χ1) is 14.2. The molecule has 0 radical (unpaired) electrons. The number of ether oxygens (including phenoxy) is 1. The molecule has 1 atom stereocenters. The Morgan fingerprint density at radius 1 is 1.27 bits per heavy atom. The maximum Gasteiger partial charge on any atom is 0.388 e. The van der Waals surface area contributed by atoms with Crippen molar-refractivity contribution in [1.29, 1.82) is 0 Å². The standard InChI is InChI=1S/C20H20F3N5O2/c1-20(2,15-4-3-5-17(25-15)30-19(22)23)26-16-9-8-14(27-28-16)12-10-11(18(24)29)6-7-13(12)21/h3-6,8-10,13,19H,7H2,1-2H3,(H2,24,29)(H,26,28). The summed E-state index contributed by atoms with van der Waals surface area (Å²) in [5.41, 5.74) is 5.64. The first-order valence-electron chi connectivity index (χ1n) is 9.06. The third kappa shape index (κ3) is 4.94. The Kier molecular flexibility index (Phi) is 6.04. The summed E-state index contributed by atoms with van der Waals surface area (Å²) in [6.07, 6.45) is 1.53. The van der Waals surface area contributed by atoms with Crippen LogP contribution in [0.1, 0.15) is 31.7 Å². The van der Waals surface area contributed by atoms with Gasteiger partial charge < -0.3 is 15.8 Å². The van der Waals surface area contributed by atoms with Crippen molar-refractivity contribution in [3.05, 3.63) is 59.4 Å². The molecule has 0 saturated heterocycles. The number of amides is 1. The number of nitrogens with zero attached hydrogens (tertiary/aromatic N) is 3. The molecule has 0 spiro atoms. The summed E-state index contributed by atoms with van der Waals surface area (Å²) in [5, 5.41) is 11.2. The molecule has 0 aromatic carbocycles. The number of allylic oxidation sites excluding steroid dienone is 2. The fraction of sp³-hybridized carbons (Fsp3) is 0.300. The van der Waals surface area contributed by atoms with Crippen LogP contribution in [0.3, 0.4) is 0 Å². The lowest BCUT2D eigenvalue weighted by molar-refractivity contribution is -0.114. The fourth-order valence-corrected chi connectivity index (χ4v) is 2.94. The number of anilines is 1. The molecule has 0 aliphatic heterocycles. The van der Waals surface area contributed by atoms with Gasteiger partial charge >= 0.3 is 6.61 Å². The van der Waals surface area contributed by atoms with Gasteiger partial charge in [0.15, 0.2) is 0 Å². The predicted molar refractivity (Wildman–Crippen MR) is 104 cm³/mol. The fourth-order valence-electron chi connectivity index (χ4n) is 2.94. The zero-order valence-electron chi connectivity index (χ0n) is 16.3. The van der Waals surface area contributed by atoms with E-state index in [1.807, 2.05) is 0 Å². The van der Waals surface area contributed by atoms with Gasteiger partial charge in [0.2, 0.25) is 11.8 Å². The van der Waals surface area contributed by atoms with Gasteiger partial charge in [-0.25, -0.2) is 9.37 Å². The van der Waals surface area contributed by atoms with E-state index in [0.717, 1.165) is 0 Å². The van der Waals surface area contributed by atoms with Crippen molar-refractivity contribution in [2.45, 2.75) is 38.6 Å². The molecule has 3 rings (SSSR count). The van der Waals surface area contributed by atoms with Crippen molar-refractivity contribution in [3.63, 3.8) is 0 Å². The van der Waals surface area contributed by atoms with Crippen molar-refractivity contribution < 1.29 is 22.7 Å². The first-order valence-corrected chi connectivity index (χ1v) is 9.06. The Bertz CT molecular complexity index is 990. The number of nitrogens with one attached hydrogen (secondary N) is 1. The molecule has 1 aliphatic rings. The second kappa shape index (κ2) is 8.52. The molecule has 2 heterocycles. The Morgan fingerprint density at radius 3 is 2.67 bits per heavy atom. The molecule has 2 aromatic rings. The molecule has 0 bridgehead atoms. The molecule has 158 valence electrons. The van der Waals surface area contributed by atoms with Crippen LogP contribution in [0, 0.1) is 0 Å². The number of rotatable bonds is 7. The Hall–Kier alpha value is -3.43. The van der Waals surface area contributed by atoms with Crippen molar-refractivity contribution >= 4 is 17.3 Å². The van der Waals surface area contributed by atoms with E-state index in [-0.39, 0.29) is 29.1 Å². The van der Waals surface area contributed by atoms with Crippen LogP contribution >= 0.6 is 0 Å². The minimum Gasteiger partial charge on any atom is -0.417 e. The van der Waals surface area contributed by atoms with E-state index in [4.69, 9.17) is 5.73 Å². The van der Waals surface area contributed by atoms with Gasteiger partial charge in [0.25, 0.3) is 0 Å². The summed E-state index contributed by atoms with van der Waals surface area (Å²) >= 11 is 0. The van der Waals surface area contributed by atoms with E-state index >= 15 is 0 Å². The average molecular weight is 419 g/mol. The zero-order chi connectivity index (χ0) is 21.9. The van der Waals surface area contributed by atoms with Gasteiger partial charge in [-0.05, 0) is 38.1 Å². The number of carbonyl (C=O) groups excluding carboxylic acids is 1. The van der Waals surface area contributed by atoms with Gasteiger partial charge in [0.1, 0.15) is 12.0 Å². The van der Waals surface area contributed by atoms with Crippen molar-refractivity contribution in [3.8, 4) is 5.88 Å². The van der Waals surface area contributed by atoms with Gasteiger partial charge in [-0.15, -0.1) is 10.2 Å². The molecule has 1 unspecified atom stereocenters.